The van der Waals surface area contributed by atoms with Crippen molar-refractivity contribution in [2.75, 3.05) is 0 Å². The van der Waals surface area contributed by atoms with E-state index in [-0.39, 0.29) is 12.1 Å². The molecule has 0 amide bonds. The van der Waals surface area contributed by atoms with E-state index in [0.29, 0.717) is 5.92 Å². The topological polar surface area (TPSA) is 46.2 Å². The van der Waals surface area contributed by atoms with E-state index in [2.05, 4.69) is 13.8 Å². The first kappa shape index (κ1) is 10.9. The summed E-state index contributed by atoms with van der Waals surface area (Å²) in [4.78, 5) is 0. The number of rotatable bonds is 5. The van der Waals surface area contributed by atoms with Crippen LogP contribution in [0.5, 0.6) is 0 Å². The molecule has 68 valence electrons. The van der Waals surface area contributed by atoms with Gasteiger partial charge in [-0.1, -0.05) is 20.3 Å². The second kappa shape index (κ2) is 5.56. The summed E-state index contributed by atoms with van der Waals surface area (Å²) in [6.07, 6.45) is 2.70. The van der Waals surface area contributed by atoms with Crippen molar-refractivity contribution in [1.82, 2.24) is 0 Å². The van der Waals surface area contributed by atoms with Crippen LogP contribution in [-0.2, 0) is 0 Å². The highest BCUT2D eigenvalue weighted by atomic mass is 16.3. The number of nitrogens with two attached hydrogens (primary N) is 1. The minimum Gasteiger partial charge on any atom is -0.393 e. The molecule has 0 aromatic rings. The Morgan fingerprint density at radius 3 is 2.27 bits per heavy atom. The zero-order chi connectivity index (χ0) is 8.85. The zero-order valence-corrected chi connectivity index (χ0v) is 7.88. The number of hydrogen-bond donors (Lipinski definition) is 2. The van der Waals surface area contributed by atoms with E-state index in [1.807, 2.05) is 6.92 Å². The van der Waals surface area contributed by atoms with Gasteiger partial charge in [-0.15, -0.1) is 0 Å². The lowest BCUT2D eigenvalue weighted by atomic mass is 9.94. The molecule has 3 N–H and O–H groups in total. The Morgan fingerprint density at radius 1 is 1.36 bits per heavy atom. The van der Waals surface area contributed by atoms with Crippen LogP contribution in [0.15, 0.2) is 0 Å². The minimum absolute atomic E-state index is 0.161. The molecule has 0 rings (SSSR count). The Kier molecular flexibility index (Phi) is 5.51. The van der Waals surface area contributed by atoms with Gasteiger partial charge in [0, 0.05) is 6.04 Å². The molecule has 2 nitrogen and oxygen atoms in total. The molecule has 0 aromatic carbocycles. The van der Waals surface area contributed by atoms with E-state index in [4.69, 9.17) is 5.73 Å². The predicted molar refractivity (Wildman–Crippen MR) is 48.3 cm³/mol. The highest BCUT2D eigenvalue weighted by Gasteiger charge is 2.13. The summed E-state index contributed by atoms with van der Waals surface area (Å²) < 4.78 is 0. The Balaban J connectivity index is 3.54. The maximum atomic E-state index is 9.51. The molecule has 0 aromatic heterocycles. The fourth-order valence-corrected chi connectivity index (χ4v) is 1.32. The smallest absolute Gasteiger partial charge is 0.0566 e. The predicted octanol–water partition coefficient (Wildman–Crippen LogP) is 1.52. The van der Waals surface area contributed by atoms with E-state index in [1.54, 1.807) is 0 Å². The molecule has 0 aliphatic rings. The van der Waals surface area contributed by atoms with Crippen LogP contribution in [0.2, 0.25) is 0 Å². The average Bonchev–Trinajstić information content (AvgIpc) is 1.86. The van der Waals surface area contributed by atoms with E-state index in [1.165, 1.54) is 0 Å². The number of hydrogen-bond acceptors (Lipinski definition) is 2. The fourth-order valence-electron chi connectivity index (χ4n) is 1.32. The summed E-state index contributed by atoms with van der Waals surface area (Å²) in [6.45, 7) is 6.13. The molecule has 0 saturated carbocycles. The minimum atomic E-state index is -0.161. The van der Waals surface area contributed by atoms with Crippen molar-refractivity contribution < 1.29 is 5.11 Å². The SMILES string of the molecule is CCCC(O)C(C)CC(C)N. The fraction of sp³-hybridized carbons (Fsp3) is 1.00. The van der Waals surface area contributed by atoms with Crippen LogP contribution in [0.3, 0.4) is 0 Å². The summed E-state index contributed by atoms with van der Waals surface area (Å²) >= 11 is 0. The molecule has 0 radical (unpaired) electrons. The lowest BCUT2D eigenvalue weighted by Gasteiger charge is -2.19. The van der Waals surface area contributed by atoms with Gasteiger partial charge in [0.15, 0.2) is 0 Å². The first-order chi connectivity index (χ1) is 5.07. The third kappa shape index (κ3) is 5.22. The van der Waals surface area contributed by atoms with Crippen LogP contribution >= 0.6 is 0 Å². The molecule has 3 atom stereocenters. The molecule has 0 fully saturated rings. The molecule has 0 bridgehead atoms. The lowest BCUT2D eigenvalue weighted by molar-refractivity contribution is 0.0993. The Bertz CT molecular complexity index is 93.6. The van der Waals surface area contributed by atoms with Gasteiger partial charge in [0.25, 0.3) is 0 Å². The third-order valence-corrected chi connectivity index (χ3v) is 1.98. The average molecular weight is 159 g/mol. The van der Waals surface area contributed by atoms with Gasteiger partial charge in [-0.25, -0.2) is 0 Å². The second-order valence-corrected chi connectivity index (χ2v) is 3.55. The van der Waals surface area contributed by atoms with Gasteiger partial charge >= 0.3 is 0 Å². The van der Waals surface area contributed by atoms with Crippen molar-refractivity contribution in [2.24, 2.45) is 11.7 Å². The summed E-state index contributed by atoms with van der Waals surface area (Å²) in [7, 11) is 0. The highest BCUT2D eigenvalue weighted by molar-refractivity contribution is 4.67. The van der Waals surface area contributed by atoms with E-state index < -0.39 is 0 Å². The summed E-state index contributed by atoms with van der Waals surface area (Å²) in [5, 5.41) is 9.51. The van der Waals surface area contributed by atoms with Crippen molar-refractivity contribution in [3.05, 3.63) is 0 Å². The first-order valence-corrected chi connectivity index (χ1v) is 4.51. The Hall–Kier alpha value is -0.0800. The van der Waals surface area contributed by atoms with Crippen LogP contribution in [0.25, 0.3) is 0 Å². The zero-order valence-electron chi connectivity index (χ0n) is 7.88. The first-order valence-electron chi connectivity index (χ1n) is 4.51. The van der Waals surface area contributed by atoms with Gasteiger partial charge < -0.3 is 10.8 Å². The van der Waals surface area contributed by atoms with Gasteiger partial charge in [0.2, 0.25) is 0 Å². The maximum absolute atomic E-state index is 9.51. The molecular weight excluding hydrogens is 138 g/mol. The second-order valence-electron chi connectivity index (χ2n) is 3.55. The highest BCUT2D eigenvalue weighted by Crippen LogP contribution is 2.13. The number of aliphatic hydroxyl groups excluding tert-OH is 1. The maximum Gasteiger partial charge on any atom is 0.0566 e. The molecule has 0 spiro atoms. The van der Waals surface area contributed by atoms with Crippen LogP contribution in [0.4, 0.5) is 0 Å². The third-order valence-electron chi connectivity index (χ3n) is 1.98. The Morgan fingerprint density at radius 2 is 1.91 bits per heavy atom. The molecule has 0 saturated heterocycles. The molecule has 0 aliphatic carbocycles. The molecule has 2 heteroatoms. The molecule has 0 aliphatic heterocycles. The summed E-state index contributed by atoms with van der Waals surface area (Å²) in [5.41, 5.74) is 5.62. The van der Waals surface area contributed by atoms with Gasteiger partial charge in [0.05, 0.1) is 6.10 Å². The van der Waals surface area contributed by atoms with Crippen molar-refractivity contribution >= 4 is 0 Å². The Labute approximate surface area is 69.8 Å². The van der Waals surface area contributed by atoms with Gasteiger partial charge in [0.1, 0.15) is 0 Å². The van der Waals surface area contributed by atoms with Crippen molar-refractivity contribution in [3.63, 3.8) is 0 Å². The van der Waals surface area contributed by atoms with Crippen molar-refractivity contribution in [3.8, 4) is 0 Å². The van der Waals surface area contributed by atoms with Crippen LogP contribution < -0.4 is 5.73 Å². The van der Waals surface area contributed by atoms with E-state index in [9.17, 15) is 5.11 Å². The molecular formula is C9H21NO. The van der Waals surface area contributed by atoms with Crippen LogP contribution in [0.1, 0.15) is 40.0 Å². The standard InChI is InChI=1S/C9H21NO/c1-4-5-9(11)7(2)6-8(3)10/h7-9,11H,4-6,10H2,1-3H3. The molecule has 3 unspecified atom stereocenters. The van der Waals surface area contributed by atoms with E-state index >= 15 is 0 Å². The molecule has 0 heterocycles. The van der Waals surface area contributed by atoms with E-state index in [0.717, 1.165) is 19.3 Å². The summed E-state index contributed by atoms with van der Waals surface area (Å²) in [5.74, 6) is 0.343. The van der Waals surface area contributed by atoms with Gasteiger partial charge in [-0.3, -0.25) is 0 Å². The van der Waals surface area contributed by atoms with Gasteiger partial charge in [-0.2, -0.15) is 0 Å². The monoisotopic (exact) mass is 159 g/mol. The number of aliphatic hydroxyl groups is 1. The van der Waals surface area contributed by atoms with Crippen LogP contribution in [-0.4, -0.2) is 17.3 Å². The largest absolute Gasteiger partial charge is 0.393 e. The van der Waals surface area contributed by atoms with Crippen molar-refractivity contribution in [1.29, 1.82) is 0 Å². The lowest BCUT2D eigenvalue weighted by Crippen LogP contribution is -2.25. The van der Waals surface area contributed by atoms with Crippen molar-refractivity contribution in [2.45, 2.75) is 52.2 Å². The quantitative estimate of drug-likeness (QED) is 0.639. The van der Waals surface area contributed by atoms with Gasteiger partial charge in [-0.05, 0) is 25.7 Å². The van der Waals surface area contributed by atoms with Crippen LogP contribution in [0, 0.1) is 5.92 Å². The normalized spacial score (nSPS) is 19.4. The molecule has 11 heavy (non-hydrogen) atoms. The summed E-state index contributed by atoms with van der Waals surface area (Å²) in [6, 6.07) is 0.205.